The summed E-state index contributed by atoms with van der Waals surface area (Å²) < 4.78 is 6.49. The van der Waals surface area contributed by atoms with Gasteiger partial charge in [0.05, 0.1) is 0 Å². The zero-order chi connectivity index (χ0) is 42.0. The van der Waals surface area contributed by atoms with Crippen molar-refractivity contribution in [1.82, 2.24) is 0 Å². The number of fused-ring (bicyclic) bond motifs is 3. The highest BCUT2D eigenvalue weighted by Crippen LogP contribution is 2.44. The second kappa shape index (κ2) is 16.8. The first-order valence-electron chi connectivity index (χ1n) is 21.8. The average Bonchev–Trinajstić information content (AvgIpc) is 3.74. The molecule has 1 heterocycles. The number of hydrogen-bond acceptors (Lipinski definition) is 2. The summed E-state index contributed by atoms with van der Waals surface area (Å²) in [5.74, 6) is 1.25. The predicted molar refractivity (Wildman–Crippen MR) is 261 cm³/mol. The minimum Gasteiger partial charge on any atom is -0.485 e. The molecule has 0 saturated carbocycles. The minimum absolute atomic E-state index is 0.0568. The maximum Gasteiger partial charge on any atom is 0.130 e. The average molecular weight is 808 g/mol. The van der Waals surface area contributed by atoms with E-state index in [0.717, 1.165) is 22.8 Å². The van der Waals surface area contributed by atoms with Crippen LogP contribution in [-0.4, -0.2) is 6.10 Å². The van der Waals surface area contributed by atoms with Gasteiger partial charge < -0.3 is 9.64 Å². The molecule has 2 unspecified atom stereocenters. The molecular weight excluding hydrogens is 763 g/mol. The van der Waals surface area contributed by atoms with Crippen LogP contribution in [0.3, 0.4) is 0 Å². The summed E-state index contributed by atoms with van der Waals surface area (Å²) in [7, 11) is 0. The minimum atomic E-state index is -0.0568. The molecule has 63 heavy (non-hydrogen) atoms. The van der Waals surface area contributed by atoms with Gasteiger partial charge in [0.1, 0.15) is 11.9 Å². The molecule has 2 nitrogen and oxygen atoms in total. The highest BCUT2D eigenvalue weighted by Gasteiger charge is 2.34. The first kappa shape index (κ1) is 38.0. The Morgan fingerprint density at radius 2 is 0.698 bits per heavy atom. The molecule has 0 saturated heterocycles. The van der Waals surface area contributed by atoms with Crippen molar-refractivity contribution in [3.63, 3.8) is 0 Å². The summed E-state index contributed by atoms with van der Waals surface area (Å²) in [5.41, 5.74) is 17.9. The number of hydrogen-bond donors (Lipinski definition) is 0. The van der Waals surface area contributed by atoms with Crippen LogP contribution in [0.15, 0.2) is 261 Å². The largest absolute Gasteiger partial charge is 0.485 e. The summed E-state index contributed by atoms with van der Waals surface area (Å²) in [6.45, 7) is 0. The lowest BCUT2D eigenvalue weighted by Gasteiger charge is -2.30. The van der Waals surface area contributed by atoms with E-state index < -0.39 is 0 Å². The van der Waals surface area contributed by atoms with Crippen LogP contribution in [0.25, 0.3) is 44.5 Å². The van der Waals surface area contributed by atoms with Crippen LogP contribution in [-0.2, 0) is 0 Å². The van der Waals surface area contributed by atoms with Gasteiger partial charge in [0.25, 0.3) is 0 Å². The molecular formula is C61H45NO. The summed E-state index contributed by atoms with van der Waals surface area (Å²) in [6.07, 6.45) is 6.78. The second-order valence-corrected chi connectivity index (χ2v) is 16.4. The van der Waals surface area contributed by atoms with Crippen molar-refractivity contribution in [3.8, 4) is 50.3 Å². The summed E-state index contributed by atoms with van der Waals surface area (Å²) >= 11 is 0. The topological polar surface area (TPSA) is 12.5 Å². The number of nitrogens with zero attached hydrogens (tertiary/aromatic N) is 1. The molecule has 0 spiro atoms. The second-order valence-electron chi connectivity index (χ2n) is 16.4. The van der Waals surface area contributed by atoms with Gasteiger partial charge in [-0.3, -0.25) is 0 Å². The fourth-order valence-electron chi connectivity index (χ4n) is 9.31. The SMILES string of the molecule is C1=CC2c3ccccc3OC2C=C1N(c1ccc(-c2ccccc2)cc1)c1ccc(-c2ccc(C(c3ccc(-c4ccccc4)cc3)c3ccc(-c4ccccc4)cc3)cc2)cc1. The number of benzene rings is 9. The van der Waals surface area contributed by atoms with Crippen LogP contribution in [0.1, 0.15) is 34.1 Å². The van der Waals surface area contributed by atoms with E-state index in [1.165, 1.54) is 66.8 Å². The standard InChI is InChI=1S/C61H45NO/c1-4-12-43(13-5-1)46-20-26-51(27-21-46)61(52-28-22-47(23-29-52)44-14-6-2-7-15-44)53-30-24-48(25-31-53)50-34-38-55(39-35-50)62(54-36-32-49(33-37-54)45-16-8-3-9-17-45)56-40-41-58-57-18-10-11-19-59(57)63-60(58)42-56/h1-42,58,60-61H. The summed E-state index contributed by atoms with van der Waals surface area (Å²) in [4.78, 5) is 2.34. The van der Waals surface area contributed by atoms with Gasteiger partial charge in [-0.1, -0.05) is 212 Å². The Morgan fingerprint density at radius 3 is 1.11 bits per heavy atom. The fourth-order valence-corrected chi connectivity index (χ4v) is 9.31. The van der Waals surface area contributed by atoms with E-state index in [1.54, 1.807) is 0 Å². The van der Waals surface area contributed by atoms with Crippen molar-refractivity contribution >= 4 is 11.4 Å². The van der Waals surface area contributed by atoms with E-state index in [-0.39, 0.29) is 17.9 Å². The number of rotatable bonds is 10. The molecule has 2 atom stereocenters. The Balaban J connectivity index is 0.905. The Bertz CT molecular complexity index is 2940. The zero-order valence-corrected chi connectivity index (χ0v) is 34.8. The lowest BCUT2D eigenvalue weighted by molar-refractivity contribution is 0.267. The van der Waals surface area contributed by atoms with Crippen molar-refractivity contribution in [2.75, 3.05) is 4.90 Å². The van der Waals surface area contributed by atoms with E-state index in [9.17, 15) is 0 Å². The van der Waals surface area contributed by atoms with Crippen molar-refractivity contribution < 1.29 is 4.74 Å². The van der Waals surface area contributed by atoms with Crippen LogP contribution in [0.2, 0.25) is 0 Å². The van der Waals surface area contributed by atoms with E-state index in [4.69, 9.17) is 4.74 Å². The van der Waals surface area contributed by atoms with E-state index >= 15 is 0 Å². The molecule has 0 bridgehead atoms. The fraction of sp³-hybridized carbons (Fsp3) is 0.0492. The maximum absolute atomic E-state index is 6.49. The van der Waals surface area contributed by atoms with Gasteiger partial charge in [-0.2, -0.15) is 0 Å². The molecule has 0 aromatic heterocycles. The predicted octanol–water partition coefficient (Wildman–Crippen LogP) is 15.7. The number of para-hydroxylation sites is 1. The van der Waals surface area contributed by atoms with Gasteiger partial charge in [-0.05, 0) is 104 Å². The van der Waals surface area contributed by atoms with Gasteiger partial charge in [0.2, 0.25) is 0 Å². The van der Waals surface area contributed by atoms with Gasteiger partial charge in [0.15, 0.2) is 0 Å². The van der Waals surface area contributed by atoms with Crippen molar-refractivity contribution in [3.05, 3.63) is 283 Å². The quantitative estimate of drug-likeness (QED) is 0.128. The third kappa shape index (κ3) is 7.69. The van der Waals surface area contributed by atoms with Crippen LogP contribution in [0, 0.1) is 0 Å². The first-order valence-corrected chi connectivity index (χ1v) is 21.8. The lowest BCUT2D eigenvalue weighted by atomic mass is 9.83. The lowest BCUT2D eigenvalue weighted by Crippen LogP contribution is -2.24. The maximum atomic E-state index is 6.49. The van der Waals surface area contributed by atoms with Gasteiger partial charge >= 0.3 is 0 Å². The van der Waals surface area contributed by atoms with Crippen LogP contribution >= 0.6 is 0 Å². The molecule has 2 heteroatoms. The molecule has 0 radical (unpaired) electrons. The van der Waals surface area contributed by atoms with Crippen molar-refractivity contribution in [2.24, 2.45) is 0 Å². The normalized spacial score (nSPS) is 15.0. The van der Waals surface area contributed by atoms with Crippen LogP contribution in [0.5, 0.6) is 5.75 Å². The Morgan fingerprint density at radius 1 is 0.349 bits per heavy atom. The highest BCUT2D eigenvalue weighted by atomic mass is 16.5. The summed E-state index contributed by atoms with van der Waals surface area (Å²) in [6, 6.07) is 85.4. The van der Waals surface area contributed by atoms with E-state index in [2.05, 4.69) is 254 Å². The molecule has 300 valence electrons. The first-order chi connectivity index (χ1) is 31.2. The van der Waals surface area contributed by atoms with Gasteiger partial charge in [-0.15, -0.1) is 0 Å². The number of anilines is 2. The third-order valence-corrected chi connectivity index (χ3v) is 12.6. The van der Waals surface area contributed by atoms with Crippen molar-refractivity contribution in [2.45, 2.75) is 17.9 Å². The number of ether oxygens (including phenoxy) is 1. The van der Waals surface area contributed by atoms with E-state index in [0.29, 0.717) is 0 Å². The smallest absolute Gasteiger partial charge is 0.130 e. The van der Waals surface area contributed by atoms with Gasteiger partial charge in [-0.25, -0.2) is 0 Å². The third-order valence-electron chi connectivity index (χ3n) is 12.6. The van der Waals surface area contributed by atoms with Crippen LogP contribution < -0.4 is 9.64 Å². The summed E-state index contributed by atoms with van der Waals surface area (Å²) in [5, 5.41) is 0. The molecule has 0 fully saturated rings. The molecule has 0 amide bonds. The molecule has 11 rings (SSSR count). The Hall–Kier alpha value is -7.94. The zero-order valence-electron chi connectivity index (χ0n) is 34.8. The Labute approximate surface area is 370 Å². The molecule has 1 aliphatic heterocycles. The van der Waals surface area contributed by atoms with E-state index in [1.807, 2.05) is 6.07 Å². The number of allylic oxidation sites excluding steroid dienone is 1. The molecule has 1 aliphatic carbocycles. The monoisotopic (exact) mass is 807 g/mol. The Kier molecular flexibility index (Phi) is 10.2. The molecule has 9 aromatic rings. The molecule has 9 aromatic carbocycles. The molecule has 2 aliphatic rings. The molecule has 0 N–H and O–H groups in total. The van der Waals surface area contributed by atoms with Gasteiger partial charge in [0, 0.05) is 34.5 Å². The van der Waals surface area contributed by atoms with Crippen LogP contribution in [0.4, 0.5) is 11.4 Å². The highest BCUT2D eigenvalue weighted by molar-refractivity contribution is 5.77. The van der Waals surface area contributed by atoms with Crippen molar-refractivity contribution in [1.29, 1.82) is 0 Å².